The number of imidazole rings is 1. The smallest absolute Gasteiger partial charge is 0.195 e. The molecule has 0 radical (unpaired) electrons. The van der Waals surface area contributed by atoms with E-state index >= 15 is 0 Å². The van der Waals surface area contributed by atoms with Gasteiger partial charge in [0.1, 0.15) is 0 Å². The third-order valence-electron chi connectivity index (χ3n) is 3.29. The van der Waals surface area contributed by atoms with Crippen LogP contribution in [0.25, 0.3) is 4.96 Å². The summed E-state index contributed by atoms with van der Waals surface area (Å²) in [7, 11) is 3.81. The summed E-state index contributed by atoms with van der Waals surface area (Å²) in [5.41, 5.74) is 1.21. The zero-order valence-electron chi connectivity index (χ0n) is 12.0. The maximum absolute atomic E-state index is 5.23. The molecule has 106 valence electrons. The van der Waals surface area contributed by atoms with Gasteiger partial charge in [0.2, 0.25) is 0 Å². The van der Waals surface area contributed by atoms with Crippen molar-refractivity contribution in [3.05, 3.63) is 17.3 Å². The van der Waals surface area contributed by atoms with Crippen LogP contribution in [-0.4, -0.2) is 42.7 Å². The van der Waals surface area contributed by atoms with E-state index in [2.05, 4.69) is 47.1 Å². The molecule has 0 aromatic carbocycles. The van der Waals surface area contributed by atoms with E-state index in [9.17, 15) is 0 Å². The fourth-order valence-corrected chi connectivity index (χ4v) is 2.80. The predicted octanol–water partition coefficient (Wildman–Crippen LogP) is 1.98. The number of ether oxygens (including phenoxy) is 1. The Balaban J connectivity index is 2.32. The summed E-state index contributed by atoms with van der Waals surface area (Å²) in [6.45, 7) is 6.74. The van der Waals surface area contributed by atoms with Gasteiger partial charge in [-0.3, -0.25) is 4.40 Å². The normalized spacial score (nSPS) is 13.1. The molecule has 1 atom stereocenters. The molecular formula is C13H22N4OS. The van der Waals surface area contributed by atoms with Crippen molar-refractivity contribution in [3.8, 4) is 0 Å². The lowest BCUT2D eigenvalue weighted by atomic mass is 10.3. The summed E-state index contributed by atoms with van der Waals surface area (Å²) in [4.78, 5) is 7.97. The number of methoxy groups -OCH3 is 1. The van der Waals surface area contributed by atoms with Gasteiger partial charge >= 0.3 is 0 Å². The first kappa shape index (κ1) is 14.3. The minimum Gasteiger partial charge on any atom is -0.383 e. The molecule has 0 aliphatic heterocycles. The number of rotatable bonds is 7. The van der Waals surface area contributed by atoms with Gasteiger partial charge < -0.3 is 15.0 Å². The molecular weight excluding hydrogens is 260 g/mol. The van der Waals surface area contributed by atoms with Crippen LogP contribution in [0.4, 0.5) is 5.82 Å². The Hall–Kier alpha value is -1.11. The van der Waals surface area contributed by atoms with E-state index in [1.54, 1.807) is 18.4 Å². The van der Waals surface area contributed by atoms with Gasteiger partial charge in [0.25, 0.3) is 0 Å². The third kappa shape index (κ3) is 2.91. The van der Waals surface area contributed by atoms with Crippen molar-refractivity contribution in [2.45, 2.75) is 26.4 Å². The molecule has 5 nitrogen and oxygen atoms in total. The van der Waals surface area contributed by atoms with Gasteiger partial charge in [-0.05, 0) is 13.5 Å². The first-order chi connectivity index (χ1) is 9.19. The molecule has 19 heavy (non-hydrogen) atoms. The Labute approximate surface area is 118 Å². The average molecular weight is 282 g/mol. The highest BCUT2D eigenvalue weighted by Crippen LogP contribution is 2.25. The fraction of sp³-hybridized carbons (Fsp3) is 0.615. The van der Waals surface area contributed by atoms with Crippen molar-refractivity contribution in [1.82, 2.24) is 14.7 Å². The zero-order valence-corrected chi connectivity index (χ0v) is 12.8. The van der Waals surface area contributed by atoms with E-state index in [0.29, 0.717) is 12.6 Å². The number of likely N-dealkylation sites (N-methyl/N-ethyl adjacent to an activating group) is 1. The molecule has 0 bridgehead atoms. The maximum atomic E-state index is 5.23. The van der Waals surface area contributed by atoms with Crippen molar-refractivity contribution >= 4 is 22.1 Å². The summed E-state index contributed by atoms with van der Waals surface area (Å²) >= 11 is 1.66. The summed E-state index contributed by atoms with van der Waals surface area (Å²) < 4.78 is 7.40. The molecule has 2 heterocycles. The first-order valence-electron chi connectivity index (χ1n) is 6.56. The Kier molecular flexibility index (Phi) is 4.79. The lowest BCUT2D eigenvalue weighted by Crippen LogP contribution is -2.34. The number of hydrogen-bond donors (Lipinski definition) is 1. The van der Waals surface area contributed by atoms with Gasteiger partial charge in [-0.2, -0.15) is 0 Å². The van der Waals surface area contributed by atoms with Crippen molar-refractivity contribution in [2.75, 3.05) is 32.2 Å². The quantitative estimate of drug-likeness (QED) is 0.843. The van der Waals surface area contributed by atoms with Gasteiger partial charge in [0, 0.05) is 32.3 Å². The van der Waals surface area contributed by atoms with E-state index in [1.165, 1.54) is 5.69 Å². The Morgan fingerprint density at radius 1 is 1.58 bits per heavy atom. The topological polar surface area (TPSA) is 41.8 Å². The molecule has 0 spiro atoms. The number of hydrogen-bond acceptors (Lipinski definition) is 5. The highest BCUT2D eigenvalue weighted by atomic mass is 32.1. The molecule has 0 saturated heterocycles. The van der Waals surface area contributed by atoms with Crippen molar-refractivity contribution in [2.24, 2.45) is 0 Å². The third-order valence-corrected chi connectivity index (χ3v) is 4.04. The van der Waals surface area contributed by atoms with Gasteiger partial charge in [0.15, 0.2) is 10.8 Å². The number of fused-ring (bicyclic) bond motifs is 1. The molecule has 6 heteroatoms. The van der Waals surface area contributed by atoms with Gasteiger partial charge in [0.05, 0.1) is 18.3 Å². The molecule has 0 aliphatic rings. The van der Waals surface area contributed by atoms with E-state index in [1.807, 2.05) is 0 Å². The lowest BCUT2D eigenvalue weighted by Gasteiger charge is -2.25. The van der Waals surface area contributed by atoms with Crippen molar-refractivity contribution < 1.29 is 4.74 Å². The van der Waals surface area contributed by atoms with E-state index in [-0.39, 0.29) is 0 Å². The molecule has 0 aliphatic carbocycles. The molecule has 0 fully saturated rings. The number of thiazole rings is 1. The van der Waals surface area contributed by atoms with E-state index in [0.717, 1.165) is 23.9 Å². The van der Waals surface area contributed by atoms with Crippen LogP contribution in [-0.2, 0) is 11.3 Å². The Morgan fingerprint density at radius 3 is 3.05 bits per heavy atom. The first-order valence-corrected chi connectivity index (χ1v) is 7.43. The van der Waals surface area contributed by atoms with Gasteiger partial charge in [-0.25, -0.2) is 4.98 Å². The molecule has 1 N–H and O–H groups in total. The van der Waals surface area contributed by atoms with Crippen molar-refractivity contribution in [1.29, 1.82) is 0 Å². The Bertz CT molecular complexity index is 522. The van der Waals surface area contributed by atoms with Crippen LogP contribution in [0.2, 0.25) is 0 Å². The summed E-state index contributed by atoms with van der Waals surface area (Å²) in [5, 5.41) is 5.45. The largest absolute Gasteiger partial charge is 0.383 e. The van der Waals surface area contributed by atoms with E-state index in [4.69, 9.17) is 9.72 Å². The fourth-order valence-electron chi connectivity index (χ4n) is 2.07. The highest BCUT2D eigenvalue weighted by Gasteiger charge is 2.19. The SMILES string of the molecule is CCNCc1c(N(C)C(C)COC)nc2sccn12. The molecule has 2 rings (SSSR count). The van der Waals surface area contributed by atoms with Crippen LogP contribution in [0.15, 0.2) is 11.6 Å². The molecule has 1 unspecified atom stereocenters. The maximum Gasteiger partial charge on any atom is 0.195 e. The number of aromatic nitrogens is 2. The van der Waals surface area contributed by atoms with Crippen LogP contribution < -0.4 is 10.2 Å². The minimum atomic E-state index is 0.301. The monoisotopic (exact) mass is 282 g/mol. The predicted molar refractivity (Wildman–Crippen MR) is 80.2 cm³/mol. The molecule has 2 aromatic rings. The average Bonchev–Trinajstić information content (AvgIpc) is 2.96. The molecule has 2 aromatic heterocycles. The van der Waals surface area contributed by atoms with Gasteiger partial charge in [-0.15, -0.1) is 11.3 Å². The van der Waals surface area contributed by atoms with Crippen molar-refractivity contribution in [3.63, 3.8) is 0 Å². The standard InChI is InChI=1S/C13H22N4OS/c1-5-14-8-11-12(16(3)10(2)9-18-4)15-13-17(11)6-7-19-13/h6-7,10,14H,5,8-9H2,1-4H3. The summed E-state index contributed by atoms with van der Waals surface area (Å²) in [6.07, 6.45) is 2.08. The van der Waals surface area contributed by atoms with Crippen LogP contribution >= 0.6 is 11.3 Å². The second kappa shape index (κ2) is 6.36. The summed E-state index contributed by atoms with van der Waals surface area (Å²) in [6, 6.07) is 0.301. The van der Waals surface area contributed by atoms with E-state index < -0.39 is 0 Å². The molecule has 0 saturated carbocycles. The number of nitrogens with one attached hydrogen (secondary N) is 1. The molecule has 0 amide bonds. The lowest BCUT2D eigenvalue weighted by molar-refractivity contribution is 0.183. The summed E-state index contributed by atoms with van der Waals surface area (Å²) in [5.74, 6) is 1.04. The van der Waals surface area contributed by atoms with Crippen LogP contribution in [0.3, 0.4) is 0 Å². The minimum absolute atomic E-state index is 0.301. The second-order valence-corrected chi connectivity index (χ2v) is 5.51. The van der Waals surface area contributed by atoms with Crippen LogP contribution in [0, 0.1) is 0 Å². The van der Waals surface area contributed by atoms with Gasteiger partial charge in [-0.1, -0.05) is 6.92 Å². The van der Waals surface area contributed by atoms with Crippen LogP contribution in [0.1, 0.15) is 19.5 Å². The second-order valence-electron chi connectivity index (χ2n) is 4.63. The number of anilines is 1. The Morgan fingerprint density at radius 2 is 2.37 bits per heavy atom. The highest BCUT2D eigenvalue weighted by molar-refractivity contribution is 7.15. The van der Waals surface area contributed by atoms with Crippen LogP contribution in [0.5, 0.6) is 0 Å². The number of nitrogens with zero attached hydrogens (tertiary/aromatic N) is 3. The zero-order chi connectivity index (χ0) is 13.8.